The van der Waals surface area contributed by atoms with Crippen molar-refractivity contribution in [1.29, 1.82) is 0 Å². The Morgan fingerprint density at radius 3 is 2.74 bits per heavy atom. The lowest BCUT2D eigenvalue weighted by molar-refractivity contribution is 0.0369. The van der Waals surface area contributed by atoms with Gasteiger partial charge in [-0.15, -0.1) is 0 Å². The van der Waals surface area contributed by atoms with Crippen molar-refractivity contribution >= 4 is 16.7 Å². The van der Waals surface area contributed by atoms with E-state index in [1.54, 1.807) is 0 Å². The number of aliphatic hydroxyl groups is 1. The van der Waals surface area contributed by atoms with Gasteiger partial charge in [-0.1, -0.05) is 54.6 Å². The van der Waals surface area contributed by atoms with Crippen LogP contribution >= 0.6 is 0 Å². The molecule has 4 nitrogen and oxygen atoms in total. The minimum atomic E-state index is -1.03. The second-order valence-electron chi connectivity index (χ2n) is 6.96. The fourth-order valence-corrected chi connectivity index (χ4v) is 3.93. The summed E-state index contributed by atoms with van der Waals surface area (Å²) in [4.78, 5) is 13.1. The van der Waals surface area contributed by atoms with Gasteiger partial charge in [-0.3, -0.25) is 4.79 Å². The SMILES string of the molecule is CCOc1ccc2ccccc2c1C(=O)NCC1(O)CCc2ccccc21. The Morgan fingerprint density at radius 1 is 1.11 bits per heavy atom. The van der Waals surface area contributed by atoms with E-state index in [9.17, 15) is 9.90 Å². The smallest absolute Gasteiger partial charge is 0.255 e. The van der Waals surface area contributed by atoms with Gasteiger partial charge >= 0.3 is 0 Å². The lowest BCUT2D eigenvalue weighted by Crippen LogP contribution is -2.39. The molecule has 4 rings (SSSR count). The summed E-state index contributed by atoms with van der Waals surface area (Å²) in [6, 6.07) is 19.4. The molecule has 0 fully saturated rings. The summed E-state index contributed by atoms with van der Waals surface area (Å²) in [5, 5.41) is 15.9. The van der Waals surface area contributed by atoms with Crippen LogP contribution in [0, 0.1) is 0 Å². The molecule has 1 amide bonds. The van der Waals surface area contributed by atoms with E-state index in [0.717, 1.165) is 28.3 Å². The summed E-state index contributed by atoms with van der Waals surface area (Å²) in [7, 11) is 0. The molecule has 1 aliphatic rings. The summed E-state index contributed by atoms with van der Waals surface area (Å²) in [5.74, 6) is 0.334. The number of hydrogen-bond acceptors (Lipinski definition) is 3. The Labute approximate surface area is 158 Å². The molecule has 0 radical (unpaired) electrons. The number of amides is 1. The summed E-state index contributed by atoms with van der Waals surface area (Å²) in [6.45, 7) is 2.56. The Kier molecular flexibility index (Phi) is 4.58. The monoisotopic (exact) mass is 361 g/mol. The van der Waals surface area contributed by atoms with Crippen LogP contribution in [0.15, 0.2) is 60.7 Å². The van der Waals surface area contributed by atoms with Crippen molar-refractivity contribution in [2.24, 2.45) is 0 Å². The zero-order valence-corrected chi connectivity index (χ0v) is 15.4. The Hall–Kier alpha value is -2.85. The lowest BCUT2D eigenvalue weighted by atomic mass is 9.95. The predicted molar refractivity (Wildman–Crippen MR) is 106 cm³/mol. The van der Waals surface area contributed by atoms with Crippen LogP contribution in [-0.2, 0) is 12.0 Å². The molecule has 1 atom stereocenters. The standard InChI is InChI=1S/C23H23NO3/c1-2-27-20-12-11-16-7-3-5-9-18(16)21(20)22(25)24-15-23(26)14-13-17-8-4-6-10-19(17)23/h3-12,26H,2,13-15H2,1H3,(H,24,25). The average molecular weight is 361 g/mol. The van der Waals surface area contributed by atoms with Crippen LogP contribution in [0.2, 0.25) is 0 Å². The van der Waals surface area contributed by atoms with Gasteiger partial charge in [0.05, 0.1) is 18.7 Å². The molecule has 0 spiro atoms. The van der Waals surface area contributed by atoms with E-state index in [2.05, 4.69) is 5.32 Å². The van der Waals surface area contributed by atoms with Gasteiger partial charge < -0.3 is 15.2 Å². The third-order valence-electron chi connectivity index (χ3n) is 5.29. The highest BCUT2D eigenvalue weighted by Gasteiger charge is 2.36. The number of hydrogen-bond donors (Lipinski definition) is 2. The summed E-state index contributed by atoms with van der Waals surface area (Å²) in [6.07, 6.45) is 1.43. The Balaban J connectivity index is 1.63. The molecule has 4 heteroatoms. The van der Waals surface area contributed by atoms with Crippen LogP contribution in [0.5, 0.6) is 5.75 Å². The van der Waals surface area contributed by atoms with Crippen LogP contribution in [0.25, 0.3) is 10.8 Å². The highest BCUT2D eigenvalue weighted by molar-refractivity contribution is 6.09. The molecular weight excluding hydrogens is 338 g/mol. The molecule has 138 valence electrons. The van der Waals surface area contributed by atoms with Gasteiger partial charge in [0, 0.05) is 0 Å². The molecule has 1 aliphatic carbocycles. The minimum absolute atomic E-state index is 0.178. The lowest BCUT2D eigenvalue weighted by Gasteiger charge is -2.25. The molecule has 1 unspecified atom stereocenters. The highest BCUT2D eigenvalue weighted by atomic mass is 16.5. The molecule has 0 saturated heterocycles. The van der Waals surface area contributed by atoms with Crippen LogP contribution < -0.4 is 10.1 Å². The van der Waals surface area contributed by atoms with Gasteiger partial charge in [0.25, 0.3) is 5.91 Å². The van der Waals surface area contributed by atoms with E-state index >= 15 is 0 Å². The van der Waals surface area contributed by atoms with Gasteiger partial charge in [0.2, 0.25) is 0 Å². The molecule has 0 aliphatic heterocycles. The van der Waals surface area contributed by atoms with E-state index < -0.39 is 5.60 Å². The van der Waals surface area contributed by atoms with Crippen LogP contribution in [0.1, 0.15) is 34.8 Å². The Morgan fingerprint density at radius 2 is 1.89 bits per heavy atom. The van der Waals surface area contributed by atoms with Gasteiger partial charge in [-0.05, 0) is 47.7 Å². The molecule has 0 aromatic heterocycles. The highest BCUT2D eigenvalue weighted by Crippen LogP contribution is 2.36. The molecule has 0 saturated carbocycles. The zero-order chi connectivity index (χ0) is 18.9. The van der Waals surface area contributed by atoms with Crippen molar-refractivity contribution in [1.82, 2.24) is 5.32 Å². The molecule has 0 bridgehead atoms. The largest absolute Gasteiger partial charge is 0.493 e. The van der Waals surface area contributed by atoms with Crippen molar-refractivity contribution < 1.29 is 14.6 Å². The maximum Gasteiger partial charge on any atom is 0.255 e. The zero-order valence-electron chi connectivity index (χ0n) is 15.4. The number of aryl methyl sites for hydroxylation is 1. The quantitative estimate of drug-likeness (QED) is 0.727. The van der Waals surface area contributed by atoms with Crippen LogP contribution in [-0.4, -0.2) is 24.2 Å². The normalized spacial score (nSPS) is 18.3. The summed E-state index contributed by atoms with van der Waals surface area (Å²) < 4.78 is 5.70. The minimum Gasteiger partial charge on any atom is -0.493 e. The maximum absolute atomic E-state index is 13.1. The first-order valence-electron chi connectivity index (χ1n) is 9.36. The van der Waals surface area contributed by atoms with Crippen molar-refractivity contribution in [2.45, 2.75) is 25.4 Å². The topological polar surface area (TPSA) is 58.6 Å². The van der Waals surface area contributed by atoms with Gasteiger partial charge in [0.1, 0.15) is 11.4 Å². The number of rotatable bonds is 5. The number of carbonyl (C=O) groups excluding carboxylic acids is 1. The fraction of sp³-hybridized carbons (Fsp3) is 0.261. The second-order valence-corrected chi connectivity index (χ2v) is 6.96. The summed E-state index contributed by atoms with van der Waals surface area (Å²) in [5.41, 5.74) is 1.55. The average Bonchev–Trinajstić information content (AvgIpc) is 3.04. The second kappa shape index (κ2) is 7.05. The van der Waals surface area contributed by atoms with E-state index in [4.69, 9.17) is 4.74 Å². The Bertz CT molecular complexity index is 998. The molecular formula is C23H23NO3. The third kappa shape index (κ3) is 3.17. The maximum atomic E-state index is 13.1. The van der Waals surface area contributed by atoms with E-state index in [1.165, 1.54) is 0 Å². The number of fused-ring (bicyclic) bond motifs is 2. The van der Waals surface area contributed by atoms with E-state index in [-0.39, 0.29) is 12.5 Å². The van der Waals surface area contributed by atoms with E-state index in [1.807, 2.05) is 67.6 Å². The first kappa shape index (κ1) is 17.6. The van der Waals surface area contributed by atoms with Gasteiger partial charge in [0.15, 0.2) is 0 Å². The fourth-order valence-electron chi connectivity index (χ4n) is 3.93. The van der Waals surface area contributed by atoms with Crippen molar-refractivity contribution in [3.8, 4) is 5.75 Å². The van der Waals surface area contributed by atoms with Crippen molar-refractivity contribution in [2.75, 3.05) is 13.2 Å². The number of carbonyl (C=O) groups is 1. The van der Waals surface area contributed by atoms with Gasteiger partial charge in [-0.2, -0.15) is 0 Å². The first-order chi connectivity index (χ1) is 13.1. The first-order valence-corrected chi connectivity index (χ1v) is 9.36. The van der Waals surface area contributed by atoms with Crippen LogP contribution in [0.4, 0.5) is 0 Å². The third-order valence-corrected chi connectivity index (χ3v) is 5.29. The van der Waals surface area contributed by atoms with Crippen LogP contribution in [0.3, 0.4) is 0 Å². The van der Waals surface area contributed by atoms with Gasteiger partial charge in [-0.25, -0.2) is 0 Å². The van der Waals surface area contributed by atoms with E-state index in [0.29, 0.717) is 24.3 Å². The molecule has 3 aromatic carbocycles. The predicted octanol–water partition coefficient (Wildman–Crippen LogP) is 3.80. The number of ether oxygens (including phenoxy) is 1. The van der Waals surface area contributed by atoms with Crippen molar-refractivity contribution in [3.63, 3.8) is 0 Å². The molecule has 2 N–H and O–H groups in total. The van der Waals surface area contributed by atoms with Crippen molar-refractivity contribution in [3.05, 3.63) is 77.4 Å². The number of benzene rings is 3. The molecule has 0 heterocycles. The summed E-state index contributed by atoms with van der Waals surface area (Å²) >= 11 is 0. The molecule has 3 aromatic rings. The molecule has 27 heavy (non-hydrogen) atoms. The number of nitrogens with one attached hydrogen (secondary N) is 1.